The maximum atomic E-state index is 13.5. The molecule has 2 aromatic rings. The minimum atomic E-state index is -3.27. The highest BCUT2D eigenvalue weighted by Gasteiger charge is 2.36. The SMILES string of the molecule is COc1ccc(Cn2cc(C=CCO[Si](C)(C)C(C)(C)C)nc(N3CCN(S(C)(=O)=O)CC3)c2=O)cc1. The normalized spacial score (nSPS) is 15.9. The standard InChI is InChI=1S/C26H40N4O5SSi/c1-26(2,3)37(6,7)35-18-8-9-22-20-29(19-21-10-12-23(34-4)13-11-21)25(31)24(27-22)28-14-16-30(17-15-28)36(5,32)33/h8-13,20H,14-19H2,1-7H3. The first kappa shape index (κ1) is 29.1. The number of hydrogen-bond acceptors (Lipinski definition) is 7. The largest absolute Gasteiger partial charge is 0.497 e. The number of sulfonamides is 1. The van der Waals surface area contributed by atoms with Crippen molar-refractivity contribution in [1.82, 2.24) is 13.9 Å². The van der Waals surface area contributed by atoms with Crippen molar-refractivity contribution in [2.24, 2.45) is 0 Å². The first-order chi connectivity index (χ1) is 17.2. The maximum Gasteiger partial charge on any atom is 0.293 e. The summed E-state index contributed by atoms with van der Waals surface area (Å²) in [6.45, 7) is 13.3. The van der Waals surface area contributed by atoms with Crippen LogP contribution in [0.4, 0.5) is 5.82 Å². The van der Waals surface area contributed by atoms with Crippen molar-refractivity contribution in [3.8, 4) is 5.75 Å². The molecule has 0 spiro atoms. The van der Waals surface area contributed by atoms with E-state index in [4.69, 9.17) is 9.16 Å². The molecule has 11 heteroatoms. The number of anilines is 1. The van der Waals surface area contributed by atoms with Gasteiger partial charge in [0.15, 0.2) is 14.1 Å². The third-order valence-electron chi connectivity index (χ3n) is 7.13. The Kier molecular flexibility index (Phi) is 9.04. The molecule has 0 amide bonds. The molecular formula is C26H40N4O5SSi. The summed E-state index contributed by atoms with van der Waals surface area (Å²) in [5.41, 5.74) is 1.39. The van der Waals surface area contributed by atoms with Crippen LogP contribution in [-0.2, 0) is 21.0 Å². The van der Waals surface area contributed by atoms with E-state index < -0.39 is 18.3 Å². The summed E-state index contributed by atoms with van der Waals surface area (Å²) in [5, 5.41) is 0.117. The predicted octanol–water partition coefficient (Wildman–Crippen LogP) is 3.42. The molecule has 0 atom stereocenters. The summed E-state index contributed by atoms with van der Waals surface area (Å²) in [6, 6.07) is 7.59. The molecule has 1 aliphatic rings. The zero-order valence-electron chi connectivity index (χ0n) is 23.0. The Bertz CT molecular complexity index is 1260. The van der Waals surface area contributed by atoms with Gasteiger partial charge in [-0.2, -0.15) is 4.31 Å². The number of ether oxygens (including phenoxy) is 1. The van der Waals surface area contributed by atoms with Crippen molar-refractivity contribution < 1.29 is 17.6 Å². The van der Waals surface area contributed by atoms with Crippen LogP contribution in [0.3, 0.4) is 0 Å². The summed E-state index contributed by atoms with van der Waals surface area (Å²) in [5.74, 6) is 1.08. The van der Waals surface area contributed by atoms with Gasteiger partial charge in [0, 0.05) is 32.4 Å². The van der Waals surface area contributed by atoms with Gasteiger partial charge < -0.3 is 18.6 Å². The second kappa shape index (κ2) is 11.5. The minimum absolute atomic E-state index is 0.117. The number of hydrogen-bond donors (Lipinski definition) is 0. The molecule has 0 saturated carbocycles. The van der Waals surface area contributed by atoms with Crippen molar-refractivity contribution in [3.05, 3.63) is 58.1 Å². The third-order valence-corrected chi connectivity index (χ3v) is 12.9. The van der Waals surface area contributed by atoms with Crippen LogP contribution in [0.2, 0.25) is 18.1 Å². The molecule has 1 aromatic heterocycles. The number of aromatic nitrogens is 2. The molecule has 37 heavy (non-hydrogen) atoms. The lowest BCUT2D eigenvalue weighted by atomic mass is 10.2. The number of nitrogens with zero attached hydrogens (tertiary/aromatic N) is 4. The van der Waals surface area contributed by atoms with Gasteiger partial charge >= 0.3 is 0 Å². The van der Waals surface area contributed by atoms with Gasteiger partial charge in [0.2, 0.25) is 10.0 Å². The average molecular weight is 549 g/mol. The molecule has 2 heterocycles. The van der Waals surface area contributed by atoms with E-state index in [-0.39, 0.29) is 10.6 Å². The van der Waals surface area contributed by atoms with Gasteiger partial charge in [-0.25, -0.2) is 13.4 Å². The highest BCUT2D eigenvalue weighted by Crippen LogP contribution is 2.36. The van der Waals surface area contributed by atoms with Crippen LogP contribution in [0.25, 0.3) is 6.08 Å². The van der Waals surface area contributed by atoms with Crippen LogP contribution >= 0.6 is 0 Å². The van der Waals surface area contributed by atoms with E-state index in [9.17, 15) is 13.2 Å². The molecule has 0 unspecified atom stereocenters. The Balaban J connectivity index is 1.88. The predicted molar refractivity (Wildman–Crippen MR) is 151 cm³/mol. The Morgan fingerprint density at radius 1 is 1.08 bits per heavy atom. The fourth-order valence-corrected chi connectivity index (χ4v) is 5.52. The summed E-state index contributed by atoms with van der Waals surface area (Å²) < 4.78 is 38.4. The van der Waals surface area contributed by atoms with Gasteiger partial charge in [-0.3, -0.25) is 4.79 Å². The topological polar surface area (TPSA) is 94.0 Å². The zero-order valence-corrected chi connectivity index (χ0v) is 24.8. The van der Waals surface area contributed by atoms with E-state index in [0.29, 0.717) is 50.8 Å². The van der Waals surface area contributed by atoms with E-state index in [0.717, 1.165) is 11.3 Å². The molecule has 3 rings (SSSR count). The van der Waals surface area contributed by atoms with Crippen LogP contribution in [-0.4, -0.2) is 76.7 Å². The Labute approximate surface area is 221 Å². The van der Waals surface area contributed by atoms with E-state index in [1.165, 1.54) is 10.6 Å². The molecule has 9 nitrogen and oxygen atoms in total. The molecule has 1 fully saturated rings. The summed E-state index contributed by atoms with van der Waals surface area (Å²) in [4.78, 5) is 20.0. The quantitative estimate of drug-likeness (QED) is 0.443. The lowest BCUT2D eigenvalue weighted by molar-refractivity contribution is 0.328. The Hall–Kier alpha value is -2.47. The molecule has 0 bridgehead atoms. The number of piperazine rings is 1. The third kappa shape index (κ3) is 7.53. The van der Waals surface area contributed by atoms with E-state index >= 15 is 0 Å². The van der Waals surface area contributed by atoms with Crippen molar-refractivity contribution in [2.75, 3.05) is 51.1 Å². The van der Waals surface area contributed by atoms with Crippen LogP contribution in [0.5, 0.6) is 5.75 Å². The Morgan fingerprint density at radius 2 is 1.70 bits per heavy atom. The molecule has 204 valence electrons. The monoisotopic (exact) mass is 548 g/mol. The lowest BCUT2D eigenvalue weighted by Crippen LogP contribution is -2.50. The first-order valence-corrected chi connectivity index (χ1v) is 17.2. The van der Waals surface area contributed by atoms with E-state index in [1.54, 1.807) is 17.9 Å². The number of rotatable bonds is 9. The molecule has 1 aromatic carbocycles. The Morgan fingerprint density at radius 3 is 2.24 bits per heavy atom. The summed E-state index contributed by atoms with van der Waals surface area (Å²) in [6.07, 6.45) is 6.79. The second-order valence-corrected chi connectivity index (χ2v) is 17.7. The van der Waals surface area contributed by atoms with Gasteiger partial charge in [0.25, 0.3) is 5.56 Å². The van der Waals surface area contributed by atoms with E-state index in [2.05, 4.69) is 38.8 Å². The summed E-state index contributed by atoms with van der Waals surface area (Å²) >= 11 is 0. The van der Waals surface area contributed by atoms with Crippen LogP contribution in [0, 0.1) is 0 Å². The smallest absolute Gasteiger partial charge is 0.293 e. The molecule has 1 aliphatic heterocycles. The van der Waals surface area contributed by atoms with Crippen LogP contribution in [0.15, 0.2) is 41.3 Å². The fourth-order valence-electron chi connectivity index (χ4n) is 3.75. The van der Waals surface area contributed by atoms with Gasteiger partial charge in [-0.05, 0) is 41.9 Å². The van der Waals surface area contributed by atoms with E-state index in [1.807, 2.05) is 41.3 Å². The van der Waals surface area contributed by atoms with Gasteiger partial charge in [-0.15, -0.1) is 0 Å². The molecule has 0 N–H and O–H groups in total. The highest BCUT2D eigenvalue weighted by atomic mass is 32.2. The van der Waals surface area contributed by atoms with Crippen molar-refractivity contribution in [1.29, 1.82) is 0 Å². The van der Waals surface area contributed by atoms with Crippen molar-refractivity contribution in [3.63, 3.8) is 0 Å². The zero-order chi connectivity index (χ0) is 27.4. The highest BCUT2D eigenvalue weighted by molar-refractivity contribution is 7.88. The van der Waals surface area contributed by atoms with Gasteiger partial charge in [0.05, 0.1) is 32.2 Å². The minimum Gasteiger partial charge on any atom is -0.497 e. The first-order valence-electron chi connectivity index (χ1n) is 12.5. The molecular weight excluding hydrogens is 508 g/mol. The van der Waals surface area contributed by atoms with Crippen molar-refractivity contribution in [2.45, 2.75) is 45.4 Å². The van der Waals surface area contributed by atoms with Crippen LogP contribution < -0.4 is 15.2 Å². The fraction of sp³-hybridized carbons (Fsp3) is 0.538. The molecule has 0 radical (unpaired) electrons. The van der Waals surface area contributed by atoms with Crippen molar-refractivity contribution >= 4 is 30.2 Å². The van der Waals surface area contributed by atoms with Gasteiger partial charge in [0.1, 0.15) is 5.75 Å². The summed E-state index contributed by atoms with van der Waals surface area (Å²) in [7, 11) is -3.54. The average Bonchev–Trinajstić information content (AvgIpc) is 2.83. The van der Waals surface area contributed by atoms with Crippen LogP contribution in [0.1, 0.15) is 32.0 Å². The number of methoxy groups -OCH3 is 1. The second-order valence-electron chi connectivity index (χ2n) is 10.9. The lowest BCUT2D eigenvalue weighted by Gasteiger charge is -2.35. The van der Waals surface area contributed by atoms with Gasteiger partial charge in [-0.1, -0.05) is 39.0 Å². The molecule has 1 saturated heterocycles. The molecule has 0 aliphatic carbocycles. The maximum absolute atomic E-state index is 13.5. The number of benzene rings is 1.